The maximum absolute atomic E-state index is 12.4. The van der Waals surface area contributed by atoms with Gasteiger partial charge in [-0.3, -0.25) is 4.79 Å². The molecule has 0 aliphatic carbocycles. The third kappa shape index (κ3) is 3.01. The molecule has 1 aliphatic heterocycles. The summed E-state index contributed by atoms with van der Waals surface area (Å²) in [5.74, 6) is 0.833. The molecule has 2 aromatic carbocycles. The first-order valence-corrected chi connectivity index (χ1v) is 7.26. The molecule has 0 spiro atoms. The molecule has 3 rings (SSSR count). The topological polar surface area (TPSA) is 85.0 Å². The van der Waals surface area contributed by atoms with Crippen molar-refractivity contribution >= 4 is 11.6 Å². The Morgan fingerprint density at radius 3 is 2.70 bits per heavy atom. The Morgan fingerprint density at radius 1 is 1.26 bits per heavy atom. The Hall–Kier alpha value is -2.89. The molecule has 120 valence electrons. The lowest BCUT2D eigenvalue weighted by Crippen LogP contribution is -2.56. The van der Waals surface area contributed by atoms with Crippen LogP contribution in [0.3, 0.4) is 0 Å². The van der Waals surface area contributed by atoms with Gasteiger partial charge in [0.05, 0.1) is 31.5 Å². The van der Waals surface area contributed by atoms with E-state index in [1.807, 2.05) is 12.1 Å². The van der Waals surface area contributed by atoms with Crippen molar-refractivity contribution in [3.05, 3.63) is 48.0 Å². The van der Waals surface area contributed by atoms with Crippen LogP contribution in [0, 0.1) is 0 Å². The van der Waals surface area contributed by atoms with Gasteiger partial charge in [0.15, 0.2) is 0 Å². The zero-order valence-electron chi connectivity index (χ0n) is 12.7. The monoisotopic (exact) mass is 314 g/mol. The van der Waals surface area contributed by atoms with Crippen LogP contribution in [-0.2, 0) is 0 Å². The van der Waals surface area contributed by atoms with Crippen LogP contribution in [0.4, 0.5) is 5.69 Å². The lowest BCUT2D eigenvalue weighted by Gasteiger charge is -2.39. The standard InChI is InChI=1S/C17H18N2O4/c1-22-11-6-7-15(20)13(8-11)17(21)19-9-12(10-19)23-16-5-3-2-4-14(16)18/h2-8,12,20H,9-10,18H2,1H3. The second-order valence-corrected chi connectivity index (χ2v) is 5.37. The van der Waals surface area contributed by atoms with Crippen LogP contribution in [0.25, 0.3) is 0 Å². The molecule has 0 unspecified atom stereocenters. The summed E-state index contributed by atoms with van der Waals surface area (Å²) in [6, 6.07) is 11.8. The van der Waals surface area contributed by atoms with Gasteiger partial charge in [0.1, 0.15) is 23.4 Å². The Morgan fingerprint density at radius 2 is 2.00 bits per heavy atom. The molecule has 0 bridgehead atoms. The number of amides is 1. The largest absolute Gasteiger partial charge is 0.507 e. The van der Waals surface area contributed by atoms with Crippen molar-refractivity contribution < 1.29 is 19.4 Å². The number of benzene rings is 2. The molecule has 1 heterocycles. The lowest BCUT2D eigenvalue weighted by molar-refractivity contribution is 0.0178. The van der Waals surface area contributed by atoms with E-state index in [-0.39, 0.29) is 23.3 Å². The molecule has 6 heteroatoms. The molecule has 2 aromatic rings. The van der Waals surface area contributed by atoms with E-state index in [4.69, 9.17) is 15.2 Å². The van der Waals surface area contributed by atoms with Gasteiger partial charge in [-0.05, 0) is 30.3 Å². The maximum Gasteiger partial charge on any atom is 0.258 e. The number of hydrogen-bond acceptors (Lipinski definition) is 5. The minimum absolute atomic E-state index is 0.0625. The number of carbonyl (C=O) groups excluding carboxylic acids is 1. The molecule has 0 radical (unpaired) electrons. The summed E-state index contributed by atoms with van der Waals surface area (Å²) >= 11 is 0. The number of methoxy groups -OCH3 is 1. The van der Waals surface area contributed by atoms with Gasteiger partial charge in [0.25, 0.3) is 5.91 Å². The maximum atomic E-state index is 12.4. The first-order valence-electron chi connectivity index (χ1n) is 7.26. The third-order valence-electron chi connectivity index (χ3n) is 3.78. The summed E-state index contributed by atoms with van der Waals surface area (Å²) in [6.07, 6.45) is -0.101. The second kappa shape index (κ2) is 6.08. The summed E-state index contributed by atoms with van der Waals surface area (Å²) in [7, 11) is 1.51. The number of para-hydroxylation sites is 2. The van der Waals surface area contributed by atoms with Crippen molar-refractivity contribution in [1.29, 1.82) is 0 Å². The van der Waals surface area contributed by atoms with E-state index in [9.17, 15) is 9.90 Å². The van der Waals surface area contributed by atoms with Crippen molar-refractivity contribution in [2.24, 2.45) is 0 Å². The van der Waals surface area contributed by atoms with Crippen LogP contribution in [0.15, 0.2) is 42.5 Å². The van der Waals surface area contributed by atoms with Gasteiger partial charge < -0.3 is 25.2 Å². The summed E-state index contributed by atoms with van der Waals surface area (Å²) in [5.41, 5.74) is 6.63. The van der Waals surface area contributed by atoms with Gasteiger partial charge in [-0.1, -0.05) is 12.1 Å². The highest BCUT2D eigenvalue weighted by molar-refractivity contribution is 5.97. The van der Waals surface area contributed by atoms with Crippen LogP contribution in [0.1, 0.15) is 10.4 Å². The summed E-state index contributed by atoms with van der Waals surface area (Å²) in [5, 5.41) is 9.86. The minimum Gasteiger partial charge on any atom is -0.507 e. The van der Waals surface area contributed by atoms with Crippen LogP contribution in [0.5, 0.6) is 17.2 Å². The van der Waals surface area contributed by atoms with E-state index in [1.54, 1.807) is 23.1 Å². The van der Waals surface area contributed by atoms with Crippen LogP contribution < -0.4 is 15.2 Å². The number of phenols is 1. The Kier molecular flexibility index (Phi) is 3.97. The molecule has 1 saturated heterocycles. The lowest BCUT2D eigenvalue weighted by atomic mass is 10.1. The van der Waals surface area contributed by atoms with Crippen molar-refractivity contribution in [2.45, 2.75) is 6.10 Å². The normalized spacial score (nSPS) is 14.2. The number of phenolic OH excluding ortho intramolecular Hbond substituents is 1. The van der Waals surface area contributed by atoms with Crippen LogP contribution in [0.2, 0.25) is 0 Å². The highest BCUT2D eigenvalue weighted by Gasteiger charge is 2.34. The highest BCUT2D eigenvalue weighted by Crippen LogP contribution is 2.28. The van der Waals surface area contributed by atoms with Crippen molar-refractivity contribution in [3.8, 4) is 17.2 Å². The average molecular weight is 314 g/mol. The molecule has 0 aromatic heterocycles. The predicted octanol–water partition coefficient (Wildman–Crippen LogP) is 1.89. The fourth-order valence-electron chi connectivity index (χ4n) is 2.43. The number of rotatable bonds is 4. The Labute approximate surface area is 134 Å². The number of likely N-dealkylation sites (tertiary alicyclic amines) is 1. The van der Waals surface area contributed by atoms with Gasteiger partial charge in [0.2, 0.25) is 0 Å². The van der Waals surface area contributed by atoms with Crippen LogP contribution in [-0.4, -0.2) is 42.2 Å². The molecule has 23 heavy (non-hydrogen) atoms. The number of hydrogen-bond donors (Lipinski definition) is 2. The molecule has 3 N–H and O–H groups in total. The van der Waals surface area contributed by atoms with Crippen molar-refractivity contribution in [3.63, 3.8) is 0 Å². The predicted molar refractivity (Wildman–Crippen MR) is 85.8 cm³/mol. The van der Waals surface area contributed by atoms with Gasteiger partial charge in [-0.25, -0.2) is 0 Å². The number of nitrogens with zero attached hydrogens (tertiary/aromatic N) is 1. The van der Waals surface area contributed by atoms with E-state index in [0.717, 1.165) is 0 Å². The first kappa shape index (κ1) is 15.0. The van der Waals surface area contributed by atoms with Gasteiger partial charge in [-0.2, -0.15) is 0 Å². The molecular formula is C17H18N2O4. The Balaban J connectivity index is 1.63. The van der Waals surface area contributed by atoms with Crippen molar-refractivity contribution in [2.75, 3.05) is 25.9 Å². The fraction of sp³-hybridized carbons (Fsp3) is 0.235. The SMILES string of the molecule is COc1ccc(O)c(C(=O)N2CC(Oc3ccccc3N)C2)c1. The second-order valence-electron chi connectivity index (χ2n) is 5.37. The van der Waals surface area contributed by atoms with Crippen molar-refractivity contribution in [1.82, 2.24) is 4.90 Å². The summed E-state index contributed by atoms with van der Waals surface area (Å²) in [6.45, 7) is 0.896. The fourth-order valence-corrected chi connectivity index (χ4v) is 2.43. The summed E-state index contributed by atoms with van der Waals surface area (Å²) in [4.78, 5) is 14.0. The van der Waals surface area contributed by atoms with E-state index in [2.05, 4.69) is 0 Å². The first-order chi connectivity index (χ1) is 11.1. The molecule has 0 saturated carbocycles. The minimum atomic E-state index is -0.248. The molecule has 1 aliphatic rings. The molecular weight excluding hydrogens is 296 g/mol. The zero-order chi connectivity index (χ0) is 16.4. The summed E-state index contributed by atoms with van der Waals surface area (Å²) < 4.78 is 10.9. The Bertz CT molecular complexity index is 726. The van der Waals surface area contributed by atoms with E-state index >= 15 is 0 Å². The quantitative estimate of drug-likeness (QED) is 0.842. The average Bonchev–Trinajstić information content (AvgIpc) is 2.52. The van der Waals surface area contributed by atoms with E-state index in [1.165, 1.54) is 19.2 Å². The zero-order valence-corrected chi connectivity index (χ0v) is 12.7. The molecule has 0 atom stereocenters. The number of anilines is 1. The molecule has 6 nitrogen and oxygen atoms in total. The van der Waals surface area contributed by atoms with E-state index < -0.39 is 0 Å². The highest BCUT2D eigenvalue weighted by atomic mass is 16.5. The number of nitrogens with two attached hydrogens (primary N) is 1. The smallest absolute Gasteiger partial charge is 0.258 e. The number of ether oxygens (including phenoxy) is 2. The molecule has 1 fully saturated rings. The van der Waals surface area contributed by atoms with Gasteiger partial charge in [-0.15, -0.1) is 0 Å². The van der Waals surface area contributed by atoms with E-state index in [0.29, 0.717) is 30.3 Å². The van der Waals surface area contributed by atoms with Gasteiger partial charge >= 0.3 is 0 Å². The third-order valence-corrected chi connectivity index (χ3v) is 3.78. The van der Waals surface area contributed by atoms with Gasteiger partial charge in [0, 0.05) is 0 Å². The molecule has 1 amide bonds. The number of aromatic hydroxyl groups is 1. The number of carbonyl (C=O) groups is 1. The number of nitrogen functional groups attached to an aromatic ring is 1. The van der Waals surface area contributed by atoms with Crippen LogP contribution >= 0.6 is 0 Å².